The second-order valence-electron chi connectivity index (χ2n) is 5.10. The lowest BCUT2D eigenvalue weighted by molar-refractivity contribution is 0.119. The van der Waals surface area contributed by atoms with Crippen molar-refractivity contribution in [2.24, 2.45) is 0 Å². The minimum absolute atomic E-state index is 0.0822. The molecule has 2 unspecified atom stereocenters. The van der Waals surface area contributed by atoms with Crippen LogP contribution >= 0.6 is 11.6 Å². The summed E-state index contributed by atoms with van der Waals surface area (Å²) in [5.74, 6) is 0.777. The van der Waals surface area contributed by atoms with Gasteiger partial charge in [-0.05, 0) is 25.0 Å². The third-order valence-corrected chi connectivity index (χ3v) is 4.01. The number of hydrogen-bond acceptors (Lipinski definition) is 5. The number of rotatable bonds is 2. The Hall–Kier alpha value is -1.46. The van der Waals surface area contributed by atoms with Crippen LogP contribution in [0.2, 0.25) is 5.02 Å². The van der Waals surface area contributed by atoms with Crippen LogP contribution in [-0.2, 0) is 0 Å². The van der Waals surface area contributed by atoms with Gasteiger partial charge in [0.2, 0.25) is 11.7 Å². The number of aromatic nitrogens is 3. The summed E-state index contributed by atoms with van der Waals surface area (Å²) in [6.45, 7) is 0. The van der Waals surface area contributed by atoms with E-state index >= 15 is 0 Å². The molecule has 0 aromatic carbocycles. The van der Waals surface area contributed by atoms with E-state index in [2.05, 4.69) is 15.1 Å². The summed E-state index contributed by atoms with van der Waals surface area (Å²) < 4.78 is 5.32. The van der Waals surface area contributed by atoms with Gasteiger partial charge in [0.1, 0.15) is 5.69 Å². The average Bonchev–Trinajstić information content (AvgIpc) is 2.82. The summed E-state index contributed by atoms with van der Waals surface area (Å²) in [7, 11) is 0. The SMILES string of the molecule is OC1CCCCCC1c1nc(-c2ncccc2Cl)no1. The molecule has 0 spiro atoms. The predicted octanol–water partition coefficient (Wildman–Crippen LogP) is 3.19. The topological polar surface area (TPSA) is 72.0 Å². The van der Waals surface area contributed by atoms with Gasteiger partial charge in [-0.15, -0.1) is 0 Å². The number of aliphatic hydroxyl groups excluding tert-OH is 1. The zero-order valence-corrected chi connectivity index (χ0v) is 11.8. The fourth-order valence-corrected chi connectivity index (χ4v) is 2.81. The highest BCUT2D eigenvalue weighted by atomic mass is 35.5. The first-order valence-corrected chi connectivity index (χ1v) is 7.26. The second-order valence-corrected chi connectivity index (χ2v) is 5.51. The largest absolute Gasteiger partial charge is 0.392 e. The van der Waals surface area contributed by atoms with Crippen LogP contribution in [0.15, 0.2) is 22.9 Å². The van der Waals surface area contributed by atoms with Gasteiger partial charge in [0.15, 0.2) is 0 Å². The molecule has 0 saturated heterocycles. The van der Waals surface area contributed by atoms with Crippen molar-refractivity contribution in [1.29, 1.82) is 0 Å². The summed E-state index contributed by atoms with van der Waals surface area (Å²) in [4.78, 5) is 8.54. The van der Waals surface area contributed by atoms with Crippen LogP contribution in [0.1, 0.15) is 43.9 Å². The van der Waals surface area contributed by atoms with Crippen molar-refractivity contribution >= 4 is 11.6 Å². The first-order valence-electron chi connectivity index (χ1n) is 6.88. The van der Waals surface area contributed by atoms with Crippen LogP contribution in [0.25, 0.3) is 11.5 Å². The Morgan fingerprint density at radius 2 is 2.10 bits per heavy atom. The summed E-state index contributed by atoms with van der Waals surface area (Å²) >= 11 is 6.08. The van der Waals surface area contributed by atoms with Crippen LogP contribution in [0, 0.1) is 0 Å². The summed E-state index contributed by atoms with van der Waals surface area (Å²) in [5, 5.41) is 14.6. The molecule has 3 rings (SSSR count). The average molecular weight is 294 g/mol. The van der Waals surface area contributed by atoms with Gasteiger partial charge in [-0.1, -0.05) is 36.0 Å². The normalized spacial score (nSPS) is 23.5. The van der Waals surface area contributed by atoms with Crippen LogP contribution in [0.4, 0.5) is 0 Å². The fourth-order valence-electron chi connectivity index (χ4n) is 2.61. The quantitative estimate of drug-likeness (QED) is 0.861. The third kappa shape index (κ3) is 2.69. The number of aliphatic hydroxyl groups is 1. The van der Waals surface area contributed by atoms with Crippen molar-refractivity contribution < 1.29 is 9.63 Å². The highest BCUT2D eigenvalue weighted by molar-refractivity contribution is 6.32. The van der Waals surface area contributed by atoms with E-state index in [1.165, 1.54) is 0 Å². The Balaban J connectivity index is 1.88. The minimum atomic E-state index is -0.412. The molecule has 1 aliphatic rings. The zero-order valence-electron chi connectivity index (χ0n) is 11.0. The second kappa shape index (κ2) is 5.89. The maximum atomic E-state index is 10.2. The predicted molar refractivity (Wildman–Crippen MR) is 74.4 cm³/mol. The molecule has 2 heterocycles. The summed E-state index contributed by atoms with van der Waals surface area (Å²) in [6.07, 6.45) is 6.14. The molecule has 2 aromatic heterocycles. The van der Waals surface area contributed by atoms with Gasteiger partial charge >= 0.3 is 0 Å². The monoisotopic (exact) mass is 293 g/mol. The van der Waals surface area contributed by atoms with Gasteiger partial charge in [-0.25, -0.2) is 0 Å². The molecule has 1 fully saturated rings. The van der Waals surface area contributed by atoms with Crippen LogP contribution in [0.3, 0.4) is 0 Å². The molecule has 0 radical (unpaired) electrons. The van der Waals surface area contributed by atoms with Gasteiger partial charge in [0.25, 0.3) is 0 Å². The molecule has 0 amide bonds. The first-order chi connectivity index (χ1) is 9.75. The smallest absolute Gasteiger partial charge is 0.232 e. The van der Waals surface area contributed by atoms with Crippen LogP contribution in [-0.4, -0.2) is 26.3 Å². The maximum Gasteiger partial charge on any atom is 0.232 e. The van der Waals surface area contributed by atoms with Crippen molar-refractivity contribution in [3.8, 4) is 11.5 Å². The number of hydrogen-bond donors (Lipinski definition) is 1. The number of pyridine rings is 1. The van der Waals surface area contributed by atoms with Gasteiger partial charge < -0.3 is 9.63 Å². The summed E-state index contributed by atoms with van der Waals surface area (Å²) in [5.41, 5.74) is 0.507. The summed E-state index contributed by atoms with van der Waals surface area (Å²) in [6, 6.07) is 3.49. The fraction of sp³-hybridized carbons (Fsp3) is 0.500. The maximum absolute atomic E-state index is 10.2. The van der Waals surface area contributed by atoms with E-state index in [0.29, 0.717) is 22.4 Å². The zero-order chi connectivity index (χ0) is 13.9. The molecule has 1 saturated carbocycles. The Morgan fingerprint density at radius 1 is 1.25 bits per heavy atom. The molecule has 0 aliphatic heterocycles. The molecule has 2 atom stereocenters. The molecule has 6 heteroatoms. The molecule has 0 bridgehead atoms. The minimum Gasteiger partial charge on any atom is -0.392 e. The van der Waals surface area contributed by atoms with Crippen LogP contribution < -0.4 is 0 Å². The Labute approximate surface area is 122 Å². The lowest BCUT2D eigenvalue weighted by Crippen LogP contribution is -2.17. The van der Waals surface area contributed by atoms with Crippen LogP contribution in [0.5, 0.6) is 0 Å². The molecule has 2 aromatic rings. The van der Waals surface area contributed by atoms with E-state index in [0.717, 1.165) is 32.1 Å². The van der Waals surface area contributed by atoms with Crippen molar-refractivity contribution in [2.75, 3.05) is 0 Å². The van der Waals surface area contributed by atoms with Gasteiger partial charge in [0.05, 0.1) is 17.0 Å². The molecule has 5 nitrogen and oxygen atoms in total. The van der Waals surface area contributed by atoms with E-state index in [1.54, 1.807) is 18.3 Å². The lowest BCUT2D eigenvalue weighted by Gasteiger charge is -2.15. The number of nitrogens with zero attached hydrogens (tertiary/aromatic N) is 3. The van der Waals surface area contributed by atoms with E-state index in [4.69, 9.17) is 16.1 Å². The standard InChI is InChI=1S/C14H16ClN3O2/c15-10-6-4-8-16-12(10)13-17-14(20-18-13)9-5-2-1-3-7-11(9)19/h4,6,8-9,11,19H,1-3,5,7H2. The molecule has 106 valence electrons. The third-order valence-electron chi connectivity index (χ3n) is 3.71. The molecular weight excluding hydrogens is 278 g/mol. The highest BCUT2D eigenvalue weighted by Crippen LogP contribution is 2.32. The van der Waals surface area contributed by atoms with Crippen molar-refractivity contribution in [3.63, 3.8) is 0 Å². The Morgan fingerprint density at radius 3 is 2.95 bits per heavy atom. The van der Waals surface area contributed by atoms with Gasteiger partial charge in [0, 0.05) is 6.20 Å². The highest BCUT2D eigenvalue weighted by Gasteiger charge is 2.28. The van der Waals surface area contributed by atoms with E-state index in [-0.39, 0.29) is 5.92 Å². The first kappa shape index (κ1) is 13.5. The Kier molecular flexibility index (Phi) is 3.98. The van der Waals surface area contributed by atoms with E-state index in [9.17, 15) is 5.11 Å². The van der Waals surface area contributed by atoms with Crippen molar-refractivity contribution in [2.45, 2.75) is 44.1 Å². The molecule has 1 N–H and O–H groups in total. The lowest BCUT2D eigenvalue weighted by atomic mass is 9.97. The Bertz CT molecular complexity index is 587. The van der Waals surface area contributed by atoms with E-state index < -0.39 is 6.10 Å². The molecule has 20 heavy (non-hydrogen) atoms. The van der Waals surface area contributed by atoms with E-state index in [1.807, 2.05) is 0 Å². The molecular formula is C14H16ClN3O2. The van der Waals surface area contributed by atoms with Gasteiger partial charge in [-0.2, -0.15) is 4.98 Å². The molecule has 1 aliphatic carbocycles. The van der Waals surface area contributed by atoms with Crippen molar-refractivity contribution in [3.05, 3.63) is 29.2 Å². The van der Waals surface area contributed by atoms with Gasteiger partial charge in [-0.3, -0.25) is 4.98 Å². The van der Waals surface area contributed by atoms with Crippen molar-refractivity contribution in [1.82, 2.24) is 15.1 Å². The number of halogens is 1.